The Balaban J connectivity index is 2.13. The highest BCUT2D eigenvalue weighted by Gasteiger charge is 2.15. The Bertz CT molecular complexity index is 486. The van der Waals surface area contributed by atoms with Crippen LogP contribution in [0, 0.1) is 5.92 Å². The molecule has 5 nitrogen and oxygen atoms in total. The molecule has 0 aliphatic heterocycles. The Morgan fingerprint density at radius 1 is 1.14 bits per heavy atom. The molecule has 0 aliphatic rings. The van der Waals surface area contributed by atoms with E-state index in [1.165, 1.54) is 0 Å². The maximum absolute atomic E-state index is 10.8. The van der Waals surface area contributed by atoms with Crippen molar-refractivity contribution in [2.24, 2.45) is 5.92 Å². The lowest BCUT2D eigenvalue weighted by molar-refractivity contribution is 0.0551. The summed E-state index contributed by atoms with van der Waals surface area (Å²) in [6.45, 7) is 3.03. The van der Waals surface area contributed by atoms with Crippen LogP contribution in [0.2, 0.25) is 0 Å². The van der Waals surface area contributed by atoms with Gasteiger partial charge in [-0.25, -0.2) is 0 Å². The predicted molar refractivity (Wildman–Crippen MR) is 81.3 cm³/mol. The third-order valence-electron chi connectivity index (χ3n) is 3.20. The van der Waals surface area contributed by atoms with Gasteiger partial charge in [-0.05, 0) is 24.3 Å². The largest absolute Gasteiger partial charge is 0.393 e. The summed E-state index contributed by atoms with van der Waals surface area (Å²) in [4.78, 5) is 0. The van der Waals surface area contributed by atoms with Crippen molar-refractivity contribution < 1.29 is 22.4 Å². The van der Waals surface area contributed by atoms with Crippen molar-refractivity contribution in [3.05, 3.63) is 35.9 Å². The maximum atomic E-state index is 10.8. The van der Waals surface area contributed by atoms with Crippen LogP contribution < -0.4 is 0 Å². The first kappa shape index (κ1) is 18.1. The number of rotatable bonds is 10. The summed E-state index contributed by atoms with van der Waals surface area (Å²) in [5.74, 6) is 0.0314. The van der Waals surface area contributed by atoms with Crippen LogP contribution in [0.4, 0.5) is 0 Å². The van der Waals surface area contributed by atoms with Crippen LogP contribution in [0.1, 0.15) is 25.3 Å². The average Bonchev–Trinajstić information content (AvgIpc) is 2.43. The van der Waals surface area contributed by atoms with Crippen LogP contribution in [-0.4, -0.2) is 39.1 Å². The summed E-state index contributed by atoms with van der Waals surface area (Å²) >= 11 is 0. The highest BCUT2D eigenvalue weighted by Crippen LogP contribution is 2.13. The third-order valence-corrected chi connectivity index (χ3v) is 3.79. The predicted octanol–water partition coefficient (Wildman–Crippen LogP) is 1.96. The van der Waals surface area contributed by atoms with E-state index in [9.17, 15) is 13.5 Å². The molecule has 0 unspecified atom stereocenters. The van der Waals surface area contributed by atoms with Crippen LogP contribution in [0.5, 0.6) is 0 Å². The van der Waals surface area contributed by atoms with Gasteiger partial charge in [0.2, 0.25) is 0 Å². The Labute approximate surface area is 127 Å². The number of aliphatic hydroxyl groups excluding tert-OH is 1. The van der Waals surface area contributed by atoms with Gasteiger partial charge in [0, 0.05) is 6.61 Å². The maximum Gasteiger partial charge on any atom is 0.264 e. The summed E-state index contributed by atoms with van der Waals surface area (Å²) in [6, 6.07) is 9.89. The quantitative estimate of drug-likeness (QED) is 0.528. The molecule has 1 aromatic rings. The summed E-state index contributed by atoms with van der Waals surface area (Å²) < 4.78 is 31.8. The van der Waals surface area contributed by atoms with Crippen LogP contribution in [-0.2, 0) is 25.6 Å². The topological polar surface area (TPSA) is 72.8 Å². The number of hydrogen-bond acceptors (Lipinski definition) is 5. The van der Waals surface area contributed by atoms with Gasteiger partial charge in [0.1, 0.15) is 0 Å². The lowest BCUT2D eigenvalue weighted by Gasteiger charge is -2.18. The minimum Gasteiger partial charge on any atom is -0.393 e. The molecule has 0 saturated carbocycles. The number of benzene rings is 1. The van der Waals surface area contributed by atoms with Gasteiger partial charge in [-0.3, -0.25) is 4.18 Å². The van der Waals surface area contributed by atoms with E-state index in [-0.39, 0.29) is 12.5 Å². The molecular weight excluding hydrogens is 292 g/mol. The molecule has 1 aromatic carbocycles. The molecule has 0 saturated heterocycles. The lowest BCUT2D eigenvalue weighted by Crippen LogP contribution is -2.22. The molecule has 0 amide bonds. The van der Waals surface area contributed by atoms with Crippen molar-refractivity contribution in [2.45, 2.75) is 32.5 Å². The number of ether oxygens (including phenoxy) is 1. The van der Waals surface area contributed by atoms with Gasteiger partial charge >= 0.3 is 0 Å². The Morgan fingerprint density at radius 2 is 1.81 bits per heavy atom. The van der Waals surface area contributed by atoms with Crippen LogP contribution >= 0.6 is 0 Å². The van der Waals surface area contributed by atoms with E-state index in [2.05, 4.69) is 4.18 Å². The van der Waals surface area contributed by atoms with Gasteiger partial charge in [0.15, 0.2) is 0 Å². The van der Waals surface area contributed by atoms with E-state index in [0.29, 0.717) is 26.1 Å². The molecule has 0 spiro atoms. The minimum absolute atomic E-state index is 0.00914. The molecule has 21 heavy (non-hydrogen) atoms. The molecule has 1 rings (SSSR count). The van der Waals surface area contributed by atoms with Gasteiger partial charge in [-0.1, -0.05) is 37.3 Å². The summed E-state index contributed by atoms with van der Waals surface area (Å²) in [5.41, 5.74) is 1.12. The normalized spacial score (nSPS) is 14.8. The van der Waals surface area contributed by atoms with Crippen molar-refractivity contribution in [1.82, 2.24) is 0 Å². The molecule has 0 aliphatic carbocycles. The van der Waals surface area contributed by atoms with Gasteiger partial charge in [0.25, 0.3) is 10.1 Å². The van der Waals surface area contributed by atoms with E-state index < -0.39 is 16.2 Å². The zero-order valence-electron chi connectivity index (χ0n) is 12.6. The van der Waals surface area contributed by atoms with Crippen LogP contribution in [0.3, 0.4) is 0 Å². The SMILES string of the molecule is C[C@H](CCOCc1ccccc1)[C@H](O)CCOS(C)(=O)=O. The lowest BCUT2D eigenvalue weighted by atomic mass is 9.99. The monoisotopic (exact) mass is 316 g/mol. The molecule has 2 atom stereocenters. The molecule has 0 aromatic heterocycles. The van der Waals surface area contributed by atoms with Crippen LogP contribution in [0.15, 0.2) is 30.3 Å². The second-order valence-corrected chi connectivity index (χ2v) is 6.83. The smallest absolute Gasteiger partial charge is 0.264 e. The standard InChI is InChI=1S/C15H24O5S/c1-13(15(16)9-11-20-21(2,17)18)8-10-19-12-14-6-4-3-5-7-14/h3-7,13,15-16H,8-12H2,1-2H3/t13-,15-/m1/s1. The second kappa shape index (κ2) is 9.15. The molecule has 0 bridgehead atoms. The molecule has 0 heterocycles. The van der Waals surface area contributed by atoms with E-state index >= 15 is 0 Å². The first-order valence-corrected chi connectivity index (χ1v) is 8.84. The molecule has 0 radical (unpaired) electrons. The zero-order valence-corrected chi connectivity index (χ0v) is 13.4. The zero-order chi connectivity index (χ0) is 15.7. The first-order chi connectivity index (χ1) is 9.88. The Kier molecular flexibility index (Phi) is 7.88. The van der Waals surface area contributed by atoms with E-state index in [0.717, 1.165) is 11.8 Å². The summed E-state index contributed by atoms with van der Waals surface area (Å²) in [6.07, 6.45) is 1.42. The number of aliphatic hydroxyl groups is 1. The third kappa shape index (κ3) is 8.83. The average molecular weight is 316 g/mol. The minimum atomic E-state index is -3.43. The molecule has 120 valence electrons. The van der Waals surface area contributed by atoms with Crippen molar-refractivity contribution in [3.63, 3.8) is 0 Å². The molecule has 0 fully saturated rings. The van der Waals surface area contributed by atoms with Gasteiger partial charge < -0.3 is 9.84 Å². The fraction of sp³-hybridized carbons (Fsp3) is 0.600. The fourth-order valence-electron chi connectivity index (χ4n) is 1.83. The van der Waals surface area contributed by atoms with Crippen molar-refractivity contribution in [1.29, 1.82) is 0 Å². The van der Waals surface area contributed by atoms with Gasteiger partial charge in [0.05, 0.1) is 25.6 Å². The van der Waals surface area contributed by atoms with Crippen molar-refractivity contribution in [2.75, 3.05) is 19.5 Å². The van der Waals surface area contributed by atoms with E-state index in [1.807, 2.05) is 37.3 Å². The molecule has 1 N–H and O–H groups in total. The number of hydrogen-bond donors (Lipinski definition) is 1. The van der Waals surface area contributed by atoms with Gasteiger partial charge in [-0.2, -0.15) is 8.42 Å². The van der Waals surface area contributed by atoms with Crippen molar-refractivity contribution >= 4 is 10.1 Å². The first-order valence-electron chi connectivity index (χ1n) is 7.02. The molecule has 6 heteroatoms. The Hall–Kier alpha value is -0.950. The van der Waals surface area contributed by atoms with Crippen LogP contribution in [0.25, 0.3) is 0 Å². The summed E-state index contributed by atoms with van der Waals surface area (Å²) in [5, 5.41) is 9.90. The highest BCUT2D eigenvalue weighted by atomic mass is 32.2. The van der Waals surface area contributed by atoms with E-state index in [4.69, 9.17) is 4.74 Å². The summed E-state index contributed by atoms with van der Waals surface area (Å²) in [7, 11) is -3.43. The van der Waals surface area contributed by atoms with E-state index in [1.54, 1.807) is 0 Å². The van der Waals surface area contributed by atoms with Gasteiger partial charge in [-0.15, -0.1) is 0 Å². The van der Waals surface area contributed by atoms with Crippen molar-refractivity contribution in [3.8, 4) is 0 Å². The fourth-order valence-corrected chi connectivity index (χ4v) is 2.23. The Morgan fingerprint density at radius 3 is 2.43 bits per heavy atom. The highest BCUT2D eigenvalue weighted by molar-refractivity contribution is 7.85. The molecular formula is C15H24O5S. The second-order valence-electron chi connectivity index (χ2n) is 5.19.